The number of rotatable bonds is 7. The van der Waals surface area contributed by atoms with Crippen molar-refractivity contribution in [1.82, 2.24) is 5.32 Å². The molecule has 0 saturated carbocycles. The molecule has 0 aliphatic rings. The van der Waals surface area contributed by atoms with Crippen molar-refractivity contribution in [3.8, 4) is 0 Å². The summed E-state index contributed by atoms with van der Waals surface area (Å²) in [5.74, 6) is 0. The highest BCUT2D eigenvalue weighted by Gasteiger charge is 2.11. The minimum atomic E-state index is 0.371. The van der Waals surface area contributed by atoms with E-state index in [2.05, 4.69) is 32.2 Å². The molecule has 1 nitrogen and oxygen atoms in total. The standard InChI is InChI=1S/C15H24ClN/c1-4-6-10-15(5-2)17-12(3)13-8-7-9-14(16)11-13/h7-9,11-12,15,17H,4-6,10H2,1-3H3. The maximum absolute atomic E-state index is 6.02. The zero-order chi connectivity index (χ0) is 12.7. The maximum Gasteiger partial charge on any atom is 0.0409 e. The highest BCUT2D eigenvalue weighted by Crippen LogP contribution is 2.19. The zero-order valence-electron chi connectivity index (χ0n) is 11.2. The zero-order valence-corrected chi connectivity index (χ0v) is 11.9. The van der Waals surface area contributed by atoms with E-state index in [0.717, 1.165) is 5.02 Å². The third-order valence-corrected chi connectivity index (χ3v) is 3.47. The molecule has 0 aromatic heterocycles. The van der Waals surface area contributed by atoms with Gasteiger partial charge in [0.05, 0.1) is 0 Å². The predicted molar refractivity (Wildman–Crippen MR) is 76.6 cm³/mol. The minimum absolute atomic E-state index is 0.371. The Morgan fingerprint density at radius 1 is 1.29 bits per heavy atom. The molecular weight excluding hydrogens is 230 g/mol. The van der Waals surface area contributed by atoms with Gasteiger partial charge in [0.15, 0.2) is 0 Å². The number of nitrogens with one attached hydrogen (secondary N) is 1. The second-order valence-corrected chi connectivity index (χ2v) is 5.13. The Kier molecular flexibility index (Phi) is 6.61. The molecule has 0 heterocycles. The van der Waals surface area contributed by atoms with E-state index < -0.39 is 0 Å². The van der Waals surface area contributed by atoms with Gasteiger partial charge in [-0.3, -0.25) is 0 Å². The van der Waals surface area contributed by atoms with Crippen LogP contribution in [-0.4, -0.2) is 6.04 Å². The molecule has 0 fully saturated rings. The van der Waals surface area contributed by atoms with Gasteiger partial charge in [-0.15, -0.1) is 0 Å². The van der Waals surface area contributed by atoms with Crippen LogP contribution >= 0.6 is 11.6 Å². The van der Waals surface area contributed by atoms with Crippen LogP contribution in [0, 0.1) is 0 Å². The lowest BCUT2D eigenvalue weighted by Crippen LogP contribution is -2.30. The lowest BCUT2D eigenvalue weighted by Gasteiger charge is -2.22. The van der Waals surface area contributed by atoms with E-state index in [1.807, 2.05) is 18.2 Å². The van der Waals surface area contributed by atoms with Crippen LogP contribution < -0.4 is 5.32 Å². The van der Waals surface area contributed by atoms with Gasteiger partial charge in [0.2, 0.25) is 0 Å². The third kappa shape index (κ3) is 5.10. The van der Waals surface area contributed by atoms with Gasteiger partial charge >= 0.3 is 0 Å². The van der Waals surface area contributed by atoms with E-state index in [1.165, 1.54) is 31.2 Å². The Morgan fingerprint density at radius 3 is 2.65 bits per heavy atom. The lowest BCUT2D eigenvalue weighted by molar-refractivity contribution is 0.410. The quantitative estimate of drug-likeness (QED) is 0.724. The van der Waals surface area contributed by atoms with Crippen molar-refractivity contribution < 1.29 is 0 Å². The van der Waals surface area contributed by atoms with Crippen molar-refractivity contribution in [3.05, 3.63) is 34.9 Å². The third-order valence-electron chi connectivity index (χ3n) is 3.23. The topological polar surface area (TPSA) is 12.0 Å². The van der Waals surface area contributed by atoms with E-state index in [-0.39, 0.29) is 0 Å². The highest BCUT2D eigenvalue weighted by atomic mass is 35.5. The van der Waals surface area contributed by atoms with Gasteiger partial charge in [0.25, 0.3) is 0 Å². The predicted octanol–water partition coefficient (Wildman–Crippen LogP) is 4.96. The molecule has 0 bridgehead atoms. The van der Waals surface area contributed by atoms with Crippen molar-refractivity contribution in [3.63, 3.8) is 0 Å². The fourth-order valence-corrected chi connectivity index (χ4v) is 2.28. The maximum atomic E-state index is 6.02. The van der Waals surface area contributed by atoms with Crippen LogP contribution in [0.5, 0.6) is 0 Å². The van der Waals surface area contributed by atoms with Gasteiger partial charge < -0.3 is 5.32 Å². The van der Waals surface area contributed by atoms with Crippen LogP contribution in [0.2, 0.25) is 5.02 Å². The van der Waals surface area contributed by atoms with Crippen molar-refractivity contribution in [2.45, 2.75) is 58.5 Å². The Hall–Kier alpha value is -0.530. The molecule has 0 aliphatic carbocycles. The van der Waals surface area contributed by atoms with E-state index >= 15 is 0 Å². The summed E-state index contributed by atoms with van der Waals surface area (Å²) in [6.45, 7) is 6.70. The van der Waals surface area contributed by atoms with Crippen LogP contribution in [0.25, 0.3) is 0 Å². The fourth-order valence-electron chi connectivity index (χ4n) is 2.08. The first-order valence-corrected chi connectivity index (χ1v) is 7.06. The summed E-state index contributed by atoms with van der Waals surface area (Å²) in [5.41, 5.74) is 1.27. The van der Waals surface area contributed by atoms with Crippen molar-refractivity contribution in [1.29, 1.82) is 0 Å². The number of benzene rings is 1. The molecule has 2 atom stereocenters. The summed E-state index contributed by atoms with van der Waals surface area (Å²) in [6, 6.07) is 9.11. The summed E-state index contributed by atoms with van der Waals surface area (Å²) >= 11 is 6.02. The van der Waals surface area contributed by atoms with Crippen LogP contribution in [0.4, 0.5) is 0 Å². The van der Waals surface area contributed by atoms with E-state index in [0.29, 0.717) is 12.1 Å². The van der Waals surface area contributed by atoms with Crippen molar-refractivity contribution in [2.24, 2.45) is 0 Å². The van der Waals surface area contributed by atoms with Gasteiger partial charge in [-0.2, -0.15) is 0 Å². The number of hydrogen-bond acceptors (Lipinski definition) is 1. The summed E-state index contributed by atoms with van der Waals surface area (Å²) < 4.78 is 0. The molecule has 0 saturated heterocycles. The molecular formula is C15H24ClN. The molecule has 2 unspecified atom stereocenters. The fraction of sp³-hybridized carbons (Fsp3) is 0.600. The van der Waals surface area contributed by atoms with Gasteiger partial charge in [0.1, 0.15) is 0 Å². The first-order valence-electron chi connectivity index (χ1n) is 6.68. The molecule has 2 heteroatoms. The molecule has 1 rings (SSSR count). The molecule has 0 radical (unpaired) electrons. The summed E-state index contributed by atoms with van der Waals surface area (Å²) in [5, 5.41) is 4.50. The number of halogens is 1. The Bertz CT molecular complexity index is 324. The molecule has 0 amide bonds. The van der Waals surface area contributed by atoms with Gasteiger partial charge in [-0.05, 0) is 37.5 Å². The van der Waals surface area contributed by atoms with Gasteiger partial charge in [-0.1, -0.05) is 50.4 Å². The average Bonchev–Trinajstić information content (AvgIpc) is 2.34. The van der Waals surface area contributed by atoms with Crippen molar-refractivity contribution >= 4 is 11.6 Å². The smallest absolute Gasteiger partial charge is 0.0409 e. The van der Waals surface area contributed by atoms with Gasteiger partial charge in [0, 0.05) is 17.1 Å². The van der Waals surface area contributed by atoms with Crippen molar-refractivity contribution in [2.75, 3.05) is 0 Å². The highest BCUT2D eigenvalue weighted by molar-refractivity contribution is 6.30. The van der Waals surface area contributed by atoms with Crippen LogP contribution in [-0.2, 0) is 0 Å². The normalized spacial score (nSPS) is 14.6. The SMILES string of the molecule is CCCCC(CC)NC(C)c1cccc(Cl)c1. The molecule has 1 aromatic rings. The first-order chi connectivity index (χ1) is 8.17. The molecule has 17 heavy (non-hydrogen) atoms. The molecule has 0 spiro atoms. The first kappa shape index (κ1) is 14.5. The molecule has 96 valence electrons. The van der Waals surface area contributed by atoms with E-state index in [9.17, 15) is 0 Å². The Labute approximate surface area is 111 Å². The largest absolute Gasteiger partial charge is 0.307 e. The summed E-state index contributed by atoms with van der Waals surface area (Å²) in [4.78, 5) is 0. The second-order valence-electron chi connectivity index (χ2n) is 4.69. The average molecular weight is 254 g/mol. The van der Waals surface area contributed by atoms with Crippen LogP contribution in [0.15, 0.2) is 24.3 Å². The minimum Gasteiger partial charge on any atom is -0.307 e. The van der Waals surface area contributed by atoms with Crippen LogP contribution in [0.3, 0.4) is 0 Å². The van der Waals surface area contributed by atoms with Gasteiger partial charge in [-0.25, -0.2) is 0 Å². The van der Waals surface area contributed by atoms with E-state index in [4.69, 9.17) is 11.6 Å². The number of hydrogen-bond donors (Lipinski definition) is 1. The Morgan fingerprint density at radius 2 is 2.06 bits per heavy atom. The van der Waals surface area contributed by atoms with Crippen LogP contribution in [0.1, 0.15) is 58.1 Å². The molecule has 0 aliphatic heterocycles. The summed E-state index contributed by atoms with van der Waals surface area (Å²) in [6.07, 6.45) is 5.01. The number of unbranched alkanes of at least 4 members (excludes halogenated alkanes) is 1. The monoisotopic (exact) mass is 253 g/mol. The lowest BCUT2D eigenvalue weighted by atomic mass is 10.0. The van der Waals surface area contributed by atoms with E-state index in [1.54, 1.807) is 0 Å². The summed E-state index contributed by atoms with van der Waals surface area (Å²) in [7, 11) is 0. The Balaban J connectivity index is 2.54. The molecule has 1 aromatic carbocycles. The second kappa shape index (κ2) is 7.73. The molecule has 1 N–H and O–H groups in total.